The number of urea groups is 1. The molecule has 0 unspecified atom stereocenters. The molecule has 0 aliphatic carbocycles. The number of anilines is 1. The average molecular weight is 273 g/mol. The normalized spacial score (nSPS) is 10.1. The molecule has 0 spiro atoms. The van der Waals surface area contributed by atoms with Gasteiger partial charge in [-0.3, -0.25) is 5.32 Å². The molecular formula is C15H16FN3O. The van der Waals surface area contributed by atoms with Crippen LogP contribution in [0.5, 0.6) is 0 Å². The van der Waals surface area contributed by atoms with Crippen molar-refractivity contribution in [3.05, 3.63) is 59.5 Å². The molecule has 5 heteroatoms. The van der Waals surface area contributed by atoms with Crippen LogP contribution in [0.3, 0.4) is 0 Å². The van der Waals surface area contributed by atoms with E-state index in [4.69, 9.17) is 0 Å². The summed E-state index contributed by atoms with van der Waals surface area (Å²) in [6.45, 7) is 2.28. The van der Waals surface area contributed by atoms with Gasteiger partial charge >= 0.3 is 6.03 Å². The number of halogens is 1. The Morgan fingerprint density at radius 2 is 2.10 bits per heavy atom. The Kier molecular flexibility index (Phi) is 4.65. The summed E-state index contributed by atoms with van der Waals surface area (Å²) in [5.74, 6) is 0.239. The minimum atomic E-state index is -0.348. The molecule has 0 fully saturated rings. The van der Waals surface area contributed by atoms with Crippen molar-refractivity contribution in [3.63, 3.8) is 0 Å². The molecule has 1 aromatic carbocycles. The highest BCUT2D eigenvalue weighted by molar-refractivity contribution is 5.88. The smallest absolute Gasteiger partial charge is 0.320 e. The maximum absolute atomic E-state index is 13.4. The summed E-state index contributed by atoms with van der Waals surface area (Å²) in [5.41, 5.74) is 1.60. The number of nitrogens with one attached hydrogen (secondary N) is 2. The van der Waals surface area contributed by atoms with Crippen molar-refractivity contribution in [1.82, 2.24) is 10.3 Å². The molecule has 0 atom stereocenters. The van der Waals surface area contributed by atoms with Crippen molar-refractivity contribution in [2.45, 2.75) is 13.3 Å². The highest BCUT2D eigenvalue weighted by Crippen LogP contribution is 2.07. The Morgan fingerprint density at radius 1 is 1.30 bits per heavy atom. The molecule has 0 aliphatic rings. The van der Waals surface area contributed by atoms with E-state index in [1.54, 1.807) is 30.5 Å². The van der Waals surface area contributed by atoms with Crippen LogP contribution in [0.4, 0.5) is 15.0 Å². The monoisotopic (exact) mass is 273 g/mol. The van der Waals surface area contributed by atoms with E-state index in [9.17, 15) is 9.18 Å². The number of amides is 2. The number of pyridine rings is 1. The van der Waals surface area contributed by atoms with Gasteiger partial charge in [0.15, 0.2) is 0 Å². The first-order chi connectivity index (χ1) is 9.65. The van der Waals surface area contributed by atoms with Crippen molar-refractivity contribution >= 4 is 11.8 Å². The average Bonchev–Trinajstić information content (AvgIpc) is 2.41. The van der Waals surface area contributed by atoms with Gasteiger partial charge in [-0.05, 0) is 42.7 Å². The van der Waals surface area contributed by atoms with Crippen molar-refractivity contribution in [1.29, 1.82) is 0 Å². The molecule has 2 amide bonds. The van der Waals surface area contributed by atoms with Crippen LogP contribution in [0.25, 0.3) is 0 Å². The molecule has 1 heterocycles. The molecule has 0 aliphatic heterocycles. The van der Waals surface area contributed by atoms with Crippen LogP contribution in [0.2, 0.25) is 0 Å². The van der Waals surface area contributed by atoms with Crippen molar-refractivity contribution < 1.29 is 9.18 Å². The van der Waals surface area contributed by atoms with E-state index in [1.807, 2.05) is 13.0 Å². The van der Waals surface area contributed by atoms with E-state index in [1.165, 1.54) is 6.07 Å². The van der Waals surface area contributed by atoms with E-state index in [2.05, 4.69) is 15.6 Å². The van der Waals surface area contributed by atoms with Gasteiger partial charge in [-0.15, -0.1) is 0 Å². The summed E-state index contributed by atoms with van der Waals surface area (Å²) in [7, 11) is 0. The Labute approximate surface area is 117 Å². The van der Waals surface area contributed by atoms with Crippen LogP contribution in [0.1, 0.15) is 11.1 Å². The molecule has 0 radical (unpaired) electrons. The highest BCUT2D eigenvalue weighted by atomic mass is 19.1. The Hall–Kier alpha value is -2.43. The highest BCUT2D eigenvalue weighted by Gasteiger charge is 2.04. The first kappa shape index (κ1) is 14.0. The molecule has 4 nitrogen and oxygen atoms in total. The lowest BCUT2D eigenvalue weighted by Crippen LogP contribution is -2.30. The van der Waals surface area contributed by atoms with E-state index in [0.717, 1.165) is 5.56 Å². The summed E-state index contributed by atoms with van der Waals surface area (Å²) in [4.78, 5) is 15.7. The van der Waals surface area contributed by atoms with Crippen molar-refractivity contribution in [3.8, 4) is 0 Å². The van der Waals surface area contributed by atoms with Gasteiger partial charge in [-0.1, -0.05) is 18.2 Å². The molecule has 1 aromatic heterocycles. The van der Waals surface area contributed by atoms with Crippen LogP contribution < -0.4 is 10.6 Å². The molecule has 2 aromatic rings. The fourth-order valence-corrected chi connectivity index (χ4v) is 1.78. The van der Waals surface area contributed by atoms with Gasteiger partial charge in [0, 0.05) is 12.7 Å². The minimum Gasteiger partial charge on any atom is -0.337 e. The zero-order valence-electron chi connectivity index (χ0n) is 11.2. The zero-order valence-corrected chi connectivity index (χ0v) is 11.2. The lowest BCUT2D eigenvalue weighted by Gasteiger charge is -2.08. The van der Waals surface area contributed by atoms with Crippen LogP contribution in [-0.2, 0) is 6.42 Å². The fraction of sp³-hybridized carbons (Fsp3) is 0.200. The lowest BCUT2D eigenvalue weighted by molar-refractivity contribution is 0.252. The number of aromatic nitrogens is 1. The van der Waals surface area contributed by atoms with Gasteiger partial charge in [0.05, 0.1) is 0 Å². The first-order valence-corrected chi connectivity index (χ1v) is 6.36. The number of benzene rings is 1. The Bertz CT molecular complexity index is 601. The van der Waals surface area contributed by atoms with Crippen molar-refractivity contribution in [2.75, 3.05) is 11.9 Å². The summed E-state index contributed by atoms with van der Waals surface area (Å²) in [6, 6.07) is 9.80. The number of hydrogen-bond acceptors (Lipinski definition) is 2. The molecule has 104 valence electrons. The number of carbonyl (C=O) groups excluding carboxylic acids is 1. The van der Waals surface area contributed by atoms with E-state index >= 15 is 0 Å². The molecule has 0 saturated heterocycles. The second-order valence-electron chi connectivity index (χ2n) is 4.44. The van der Waals surface area contributed by atoms with Crippen LogP contribution >= 0.6 is 0 Å². The van der Waals surface area contributed by atoms with Gasteiger partial charge < -0.3 is 5.32 Å². The number of aryl methyl sites for hydroxylation is 1. The summed E-state index contributed by atoms with van der Waals surface area (Å²) in [5, 5.41) is 5.30. The van der Waals surface area contributed by atoms with Crippen LogP contribution in [-0.4, -0.2) is 17.6 Å². The zero-order chi connectivity index (χ0) is 14.4. The third kappa shape index (κ3) is 4.05. The van der Waals surface area contributed by atoms with E-state index in [0.29, 0.717) is 24.3 Å². The maximum atomic E-state index is 13.4. The van der Waals surface area contributed by atoms with Gasteiger partial charge in [0.2, 0.25) is 0 Å². The topological polar surface area (TPSA) is 54.0 Å². The molecule has 0 bridgehead atoms. The number of hydrogen-bond donors (Lipinski definition) is 2. The first-order valence-electron chi connectivity index (χ1n) is 6.36. The van der Waals surface area contributed by atoms with Crippen molar-refractivity contribution in [2.24, 2.45) is 0 Å². The Morgan fingerprint density at radius 3 is 2.85 bits per heavy atom. The molecule has 20 heavy (non-hydrogen) atoms. The molecule has 0 saturated carbocycles. The Balaban J connectivity index is 1.80. The van der Waals surface area contributed by atoms with Gasteiger partial charge in [-0.25, -0.2) is 14.2 Å². The quantitative estimate of drug-likeness (QED) is 0.900. The molecular weight excluding hydrogens is 257 g/mol. The standard InChI is InChI=1S/C15H16FN3O/c1-11-6-8-17-14(10-11)19-15(20)18-9-7-12-4-2-3-5-13(12)16/h2-6,8,10H,7,9H2,1H3,(H2,17,18,19,20). The lowest BCUT2D eigenvalue weighted by atomic mass is 10.1. The SMILES string of the molecule is Cc1ccnc(NC(=O)NCCc2ccccc2F)c1. The summed E-state index contributed by atoms with van der Waals surface area (Å²) >= 11 is 0. The second kappa shape index (κ2) is 6.65. The molecule has 2 N–H and O–H groups in total. The minimum absolute atomic E-state index is 0.255. The van der Waals surface area contributed by atoms with Gasteiger partial charge in [0.1, 0.15) is 11.6 Å². The van der Waals surface area contributed by atoms with E-state index < -0.39 is 0 Å². The fourth-order valence-electron chi connectivity index (χ4n) is 1.78. The van der Waals surface area contributed by atoms with Gasteiger partial charge in [-0.2, -0.15) is 0 Å². The predicted octanol–water partition coefficient (Wildman–Crippen LogP) is 2.89. The third-order valence-corrected chi connectivity index (χ3v) is 2.79. The third-order valence-electron chi connectivity index (χ3n) is 2.79. The summed E-state index contributed by atoms with van der Waals surface area (Å²) < 4.78 is 13.4. The predicted molar refractivity (Wildman–Crippen MR) is 76.1 cm³/mol. The summed E-state index contributed by atoms with van der Waals surface area (Å²) in [6.07, 6.45) is 2.08. The number of carbonyl (C=O) groups is 1. The second-order valence-corrected chi connectivity index (χ2v) is 4.44. The van der Waals surface area contributed by atoms with Gasteiger partial charge in [0.25, 0.3) is 0 Å². The van der Waals surface area contributed by atoms with Crippen LogP contribution in [0, 0.1) is 12.7 Å². The van der Waals surface area contributed by atoms with E-state index in [-0.39, 0.29) is 11.8 Å². The number of nitrogens with zero attached hydrogens (tertiary/aromatic N) is 1. The number of rotatable bonds is 4. The molecule has 2 rings (SSSR count). The maximum Gasteiger partial charge on any atom is 0.320 e. The van der Waals surface area contributed by atoms with Crippen LogP contribution in [0.15, 0.2) is 42.6 Å². The largest absolute Gasteiger partial charge is 0.337 e.